The molecule has 0 spiro atoms. The highest BCUT2D eigenvalue weighted by Gasteiger charge is 2.20. The molecule has 0 aliphatic heterocycles. The third kappa shape index (κ3) is 7.13. The molecule has 1 aliphatic rings. The third-order valence-corrected chi connectivity index (χ3v) is 3.74. The van der Waals surface area contributed by atoms with Gasteiger partial charge in [0.2, 0.25) is 0 Å². The number of benzene rings is 1. The van der Waals surface area contributed by atoms with Crippen molar-refractivity contribution < 1.29 is 23.0 Å². The fourth-order valence-electron chi connectivity index (χ4n) is 2.21. The second-order valence-electron chi connectivity index (χ2n) is 5.72. The second-order valence-corrected chi connectivity index (χ2v) is 5.72. The van der Waals surface area contributed by atoms with Crippen LogP contribution in [-0.2, 0) is 11.3 Å². The van der Waals surface area contributed by atoms with Crippen LogP contribution in [0.4, 0.5) is 8.78 Å². The molecule has 8 heteroatoms. The Morgan fingerprint density at radius 2 is 2.12 bits per heavy atom. The molecule has 0 atom stereocenters. The average molecular weight is 357 g/mol. The minimum Gasteiger partial charge on any atom is -0.497 e. The fraction of sp³-hybridized carbons (Fsp3) is 0.588. The lowest BCUT2D eigenvalue weighted by atomic mass is 10.2. The van der Waals surface area contributed by atoms with Crippen LogP contribution in [-0.4, -0.2) is 46.5 Å². The first kappa shape index (κ1) is 19.2. The molecule has 140 valence electrons. The molecule has 0 radical (unpaired) electrons. The van der Waals surface area contributed by atoms with Crippen LogP contribution in [0.25, 0.3) is 0 Å². The molecule has 0 saturated heterocycles. The molecule has 1 aliphatic carbocycles. The normalized spacial score (nSPS) is 14.5. The molecule has 0 unspecified atom stereocenters. The van der Waals surface area contributed by atoms with Gasteiger partial charge >= 0.3 is 6.61 Å². The third-order valence-electron chi connectivity index (χ3n) is 3.74. The van der Waals surface area contributed by atoms with Gasteiger partial charge in [-0.2, -0.15) is 8.78 Å². The monoisotopic (exact) mass is 357 g/mol. The quantitative estimate of drug-likeness (QED) is 0.382. The van der Waals surface area contributed by atoms with Crippen molar-refractivity contribution in [3.63, 3.8) is 0 Å². The number of alkyl halides is 2. The number of halogens is 2. The van der Waals surface area contributed by atoms with E-state index in [0.29, 0.717) is 30.4 Å². The molecule has 2 rings (SSSR count). The van der Waals surface area contributed by atoms with E-state index in [1.807, 2.05) is 0 Å². The second kappa shape index (κ2) is 10.0. The summed E-state index contributed by atoms with van der Waals surface area (Å²) in [6.07, 6.45) is 2.53. The van der Waals surface area contributed by atoms with Gasteiger partial charge in [-0.3, -0.25) is 4.99 Å². The number of methoxy groups -OCH3 is 1. The van der Waals surface area contributed by atoms with E-state index in [2.05, 4.69) is 20.4 Å². The molecular weight excluding hydrogens is 332 g/mol. The summed E-state index contributed by atoms with van der Waals surface area (Å²) in [4.78, 5) is 4.10. The molecule has 2 N–H and O–H groups in total. The van der Waals surface area contributed by atoms with Gasteiger partial charge in [-0.1, -0.05) is 0 Å². The van der Waals surface area contributed by atoms with Crippen LogP contribution in [0.15, 0.2) is 23.2 Å². The number of guanidine groups is 1. The Morgan fingerprint density at radius 3 is 2.76 bits per heavy atom. The van der Waals surface area contributed by atoms with Gasteiger partial charge in [0, 0.05) is 32.3 Å². The predicted octanol–water partition coefficient (Wildman–Crippen LogP) is 2.39. The molecule has 1 aromatic rings. The Morgan fingerprint density at radius 1 is 1.32 bits per heavy atom. The lowest BCUT2D eigenvalue weighted by Crippen LogP contribution is -2.38. The summed E-state index contributed by atoms with van der Waals surface area (Å²) in [5.41, 5.74) is 0.549. The number of ether oxygens (including phenoxy) is 3. The van der Waals surface area contributed by atoms with E-state index in [9.17, 15) is 8.78 Å². The van der Waals surface area contributed by atoms with Crippen LogP contribution in [0, 0.1) is 5.92 Å². The van der Waals surface area contributed by atoms with Crippen molar-refractivity contribution in [2.45, 2.75) is 26.0 Å². The van der Waals surface area contributed by atoms with Crippen molar-refractivity contribution in [3.8, 4) is 11.5 Å². The van der Waals surface area contributed by atoms with E-state index in [4.69, 9.17) is 9.47 Å². The molecule has 0 bridgehead atoms. The van der Waals surface area contributed by atoms with Crippen molar-refractivity contribution in [2.24, 2.45) is 10.9 Å². The molecule has 25 heavy (non-hydrogen) atoms. The first-order chi connectivity index (χ1) is 12.1. The largest absolute Gasteiger partial charge is 0.497 e. The fourth-order valence-corrected chi connectivity index (χ4v) is 2.21. The number of aliphatic imine (C=N–C) groups is 1. The first-order valence-corrected chi connectivity index (χ1v) is 8.26. The minimum atomic E-state index is -2.88. The van der Waals surface area contributed by atoms with Crippen LogP contribution in [0.5, 0.6) is 11.5 Å². The van der Waals surface area contributed by atoms with Gasteiger partial charge in [0.15, 0.2) is 5.96 Å². The van der Waals surface area contributed by atoms with Crippen LogP contribution < -0.4 is 20.1 Å². The molecular formula is C17H25F2N3O3. The Labute approximate surface area is 146 Å². The maximum atomic E-state index is 12.5. The summed E-state index contributed by atoms with van der Waals surface area (Å²) in [7, 11) is 3.16. The van der Waals surface area contributed by atoms with Crippen LogP contribution in [0.3, 0.4) is 0 Å². The number of rotatable bonds is 10. The molecule has 6 nitrogen and oxygen atoms in total. The van der Waals surface area contributed by atoms with Gasteiger partial charge in [-0.25, -0.2) is 0 Å². The van der Waals surface area contributed by atoms with Crippen LogP contribution >= 0.6 is 0 Å². The van der Waals surface area contributed by atoms with Crippen molar-refractivity contribution in [2.75, 3.05) is 33.9 Å². The van der Waals surface area contributed by atoms with E-state index in [0.717, 1.165) is 12.5 Å². The molecule has 0 amide bonds. The molecule has 0 aromatic heterocycles. The van der Waals surface area contributed by atoms with Crippen LogP contribution in [0.1, 0.15) is 18.4 Å². The van der Waals surface area contributed by atoms with Crippen molar-refractivity contribution in [3.05, 3.63) is 23.8 Å². The molecule has 1 saturated carbocycles. The average Bonchev–Trinajstić information content (AvgIpc) is 3.42. The van der Waals surface area contributed by atoms with Crippen molar-refractivity contribution >= 4 is 5.96 Å². The number of hydrogen-bond acceptors (Lipinski definition) is 4. The van der Waals surface area contributed by atoms with E-state index in [1.54, 1.807) is 19.2 Å². The molecule has 1 aromatic carbocycles. The maximum absolute atomic E-state index is 12.5. The van der Waals surface area contributed by atoms with Crippen LogP contribution in [0.2, 0.25) is 0 Å². The zero-order valence-corrected chi connectivity index (χ0v) is 14.6. The highest BCUT2D eigenvalue weighted by Crippen LogP contribution is 2.28. The summed E-state index contributed by atoms with van der Waals surface area (Å²) < 4.78 is 40.3. The summed E-state index contributed by atoms with van der Waals surface area (Å²) in [6, 6.07) is 4.69. The summed E-state index contributed by atoms with van der Waals surface area (Å²) >= 11 is 0. The SMILES string of the molecule is CN=C(NCCOCC1CC1)NCc1cc(OC)ccc1OC(F)F. The predicted molar refractivity (Wildman–Crippen MR) is 91.4 cm³/mol. The number of nitrogens with zero attached hydrogens (tertiary/aromatic N) is 1. The summed E-state index contributed by atoms with van der Waals surface area (Å²) in [5.74, 6) is 1.96. The standard InChI is InChI=1S/C17H25F2N3O3/c1-20-17(21-7-8-24-11-12-3-4-12)22-10-13-9-14(23-2)5-6-15(13)25-16(18)19/h5-6,9,12,16H,3-4,7-8,10-11H2,1-2H3,(H2,20,21,22). The zero-order valence-electron chi connectivity index (χ0n) is 14.6. The Hall–Kier alpha value is -2.09. The van der Waals surface area contributed by atoms with E-state index < -0.39 is 6.61 Å². The Balaban J connectivity index is 1.81. The van der Waals surface area contributed by atoms with Gasteiger partial charge in [0.05, 0.1) is 13.7 Å². The van der Waals surface area contributed by atoms with Crippen molar-refractivity contribution in [1.82, 2.24) is 10.6 Å². The van der Waals surface area contributed by atoms with Gasteiger partial charge in [-0.05, 0) is 37.0 Å². The van der Waals surface area contributed by atoms with E-state index >= 15 is 0 Å². The highest BCUT2D eigenvalue weighted by atomic mass is 19.3. The number of nitrogens with one attached hydrogen (secondary N) is 2. The van der Waals surface area contributed by atoms with Gasteiger partial charge in [-0.15, -0.1) is 0 Å². The summed E-state index contributed by atoms with van der Waals surface area (Å²) in [6.45, 7) is -0.595. The van der Waals surface area contributed by atoms with Gasteiger partial charge < -0.3 is 24.8 Å². The molecule has 1 fully saturated rings. The lowest BCUT2D eigenvalue weighted by Gasteiger charge is -2.15. The Kier molecular flexibility index (Phi) is 7.72. The Bertz CT molecular complexity index is 566. The highest BCUT2D eigenvalue weighted by molar-refractivity contribution is 5.79. The smallest absolute Gasteiger partial charge is 0.387 e. The number of hydrogen-bond donors (Lipinski definition) is 2. The van der Waals surface area contributed by atoms with Gasteiger partial charge in [0.1, 0.15) is 11.5 Å². The van der Waals surface area contributed by atoms with E-state index in [1.165, 1.54) is 26.0 Å². The first-order valence-electron chi connectivity index (χ1n) is 8.26. The lowest BCUT2D eigenvalue weighted by molar-refractivity contribution is -0.0504. The van der Waals surface area contributed by atoms with Crippen molar-refractivity contribution in [1.29, 1.82) is 0 Å². The molecule has 0 heterocycles. The zero-order chi connectivity index (χ0) is 18.1. The topological polar surface area (TPSA) is 64.1 Å². The van der Waals surface area contributed by atoms with E-state index in [-0.39, 0.29) is 12.3 Å². The van der Waals surface area contributed by atoms with Gasteiger partial charge in [0.25, 0.3) is 0 Å². The minimum absolute atomic E-state index is 0.103. The maximum Gasteiger partial charge on any atom is 0.387 e. The summed E-state index contributed by atoms with van der Waals surface area (Å²) in [5, 5.41) is 6.18.